The quantitative estimate of drug-likeness (QED) is 0.226. The first-order chi connectivity index (χ1) is 19.5. The summed E-state index contributed by atoms with van der Waals surface area (Å²) < 4.78 is 8.36. The van der Waals surface area contributed by atoms with Crippen molar-refractivity contribution in [3.05, 3.63) is 102 Å². The maximum absolute atomic E-state index is 6.53. The van der Waals surface area contributed by atoms with E-state index in [4.69, 9.17) is 4.74 Å². The van der Waals surface area contributed by atoms with E-state index >= 15 is 0 Å². The molecule has 4 heterocycles. The highest BCUT2D eigenvalue weighted by Crippen LogP contribution is 2.37. The maximum atomic E-state index is 6.53. The molecule has 41 heavy (non-hydrogen) atoms. The van der Waals surface area contributed by atoms with Crippen LogP contribution < -0.4 is 9.64 Å². The zero-order valence-corrected chi connectivity index (χ0v) is 24.8. The van der Waals surface area contributed by atoms with E-state index in [9.17, 15) is 0 Å². The van der Waals surface area contributed by atoms with Gasteiger partial charge in [-0.05, 0) is 78.3 Å². The summed E-state index contributed by atoms with van der Waals surface area (Å²) >= 11 is 0. The SMILES string of the molecule is Cc1cc(C)c(-c2cc(Oc3cnc4cnn(-c5cc(C(C)(C)C)ccn5)c4c3)cc(N3C=CN(C)C3)c2)c(C)c1. The molecular formula is C34H36N6O. The van der Waals surface area contributed by atoms with Gasteiger partial charge in [0.25, 0.3) is 0 Å². The molecule has 1 aliphatic rings. The largest absolute Gasteiger partial charge is 0.456 e. The molecule has 0 amide bonds. The monoisotopic (exact) mass is 544 g/mol. The summed E-state index contributed by atoms with van der Waals surface area (Å²) in [6, 6.07) is 17.0. The van der Waals surface area contributed by atoms with Gasteiger partial charge in [0.1, 0.15) is 17.0 Å². The fourth-order valence-corrected chi connectivity index (χ4v) is 5.55. The second-order valence-corrected chi connectivity index (χ2v) is 12.0. The third-order valence-electron chi connectivity index (χ3n) is 7.53. The lowest BCUT2D eigenvalue weighted by molar-refractivity contribution is 0.479. The standard InChI is InChI=1S/C34H36N6O/c1-22-12-23(2)33(24(3)13-22)25-14-27(39-11-10-38(7)21-39)17-28(15-25)41-29-18-31-30(36-19-29)20-37-40(31)32-16-26(8-9-35-32)34(4,5)6/h8-20H,21H2,1-7H3. The van der Waals surface area contributed by atoms with Gasteiger partial charge in [0.2, 0.25) is 0 Å². The Morgan fingerprint density at radius 2 is 1.61 bits per heavy atom. The molecule has 0 bridgehead atoms. The Morgan fingerprint density at radius 1 is 0.829 bits per heavy atom. The molecule has 0 radical (unpaired) electrons. The van der Waals surface area contributed by atoms with Crippen LogP contribution >= 0.6 is 0 Å². The number of rotatable bonds is 5. The molecule has 3 aromatic heterocycles. The molecule has 208 valence electrons. The Labute approximate surface area is 241 Å². The van der Waals surface area contributed by atoms with Gasteiger partial charge in [-0.15, -0.1) is 0 Å². The predicted molar refractivity (Wildman–Crippen MR) is 166 cm³/mol. The van der Waals surface area contributed by atoms with E-state index in [0.717, 1.165) is 40.5 Å². The second-order valence-electron chi connectivity index (χ2n) is 12.0. The van der Waals surface area contributed by atoms with Crippen LogP contribution in [0.3, 0.4) is 0 Å². The van der Waals surface area contributed by atoms with Gasteiger partial charge in [-0.1, -0.05) is 38.5 Å². The van der Waals surface area contributed by atoms with Gasteiger partial charge in [-0.3, -0.25) is 0 Å². The van der Waals surface area contributed by atoms with E-state index in [1.807, 2.05) is 16.9 Å². The van der Waals surface area contributed by atoms with Crippen molar-refractivity contribution < 1.29 is 4.74 Å². The van der Waals surface area contributed by atoms with Crippen LogP contribution in [0, 0.1) is 20.8 Å². The van der Waals surface area contributed by atoms with Crippen molar-refractivity contribution >= 4 is 16.7 Å². The summed E-state index contributed by atoms with van der Waals surface area (Å²) in [5.41, 5.74) is 10.0. The fourth-order valence-electron chi connectivity index (χ4n) is 5.55. The third kappa shape index (κ3) is 5.27. The zero-order chi connectivity index (χ0) is 28.9. The Kier molecular flexibility index (Phi) is 6.53. The molecule has 0 aliphatic carbocycles. The first-order valence-electron chi connectivity index (χ1n) is 13.9. The molecular weight excluding hydrogens is 508 g/mol. The van der Waals surface area contributed by atoms with E-state index in [0.29, 0.717) is 5.75 Å². The Balaban J connectivity index is 1.41. The Morgan fingerprint density at radius 3 is 2.32 bits per heavy atom. The van der Waals surface area contributed by atoms with Gasteiger partial charge in [-0.25, -0.2) is 14.6 Å². The lowest BCUT2D eigenvalue weighted by atomic mass is 9.88. The van der Waals surface area contributed by atoms with Crippen LogP contribution in [0.4, 0.5) is 5.69 Å². The zero-order valence-electron chi connectivity index (χ0n) is 24.8. The highest BCUT2D eigenvalue weighted by atomic mass is 16.5. The first kappa shape index (κ1) is 26.6. The molecule has 0 fully saturated rings. The number of benzene rings is 2. The summed E-state index contributed by atoms with van der Waals surface area (Å²) in [7, 11) is 2.07. The minimum Gasteiger partial charge on any atom is -0.456 e. The van der Waals surface area contributed by atoms with Gasteiger partial charge in [-0.2, -0.15) is 5.10 Å². The molecule has 0 saturated heterocycles. The van der Waals surface area contributed by atoms with Gasteiger partial charge >= 0.3 is 0 Å². The van der Waals surface area contributed by atoms with E-state index in [-0.39, 0.29) is 5.41 Å². The highest BCUT2D eigenvalue weighted by Gasteiger charge is 2.18. The topological polar surface area (TPSA) is 59.3 Å². The van der Waals surface area contributed by atoms with Crippen LogP contribution in [0.25, 0.3) is 28.0 Å². The van der Waals surface area contributed by atoms with E-state index in [1.165, 1.54) is 27.8 Å². The molecule has 0 saturated carbocycles. The number of hydrogen-bond acceptors (Lipinski definition) is 6. The third-order valence-corrected chi connectivity index (χ3v) is 7.53. The molecule has 7 nitrogen and oxygen atoms in total. The molecule has 6 rings (SSSR count). The predicted octanol–water partition coefficient (Wildman–Crippen LogP) is 7.68. The fraction of sp³-hybridized carbons (Fsp3) is 0.265. The van der Waals surface area contributed by atoms with Gasteiger partial charge in [0.15, 0.2) is 5.82 Å². The van der Waals surface area contributed by atoms with E-state index in [2.05, 4.69) is 128 Å². The van der Waals surface area contributed by atoms with Crippen molar-refractivity contribution in [2.24, 2.45) is 0 Å². The minimum absolute atomic E-state index is 0.00336. The first-order valence-corrected chi connectivity index (χ1v) is 13.9. The van der Waals surface area contributed by atoms with Crippen molar-refractivity contribution in [1.82, 2.24) is 24.6 Å². The molecule has 0 unspecified atom stereocenters. The summed E-state index contributed by atoms with van der Waals surface area (Å²) in [6.45, 7) is 13.8. The molecule has 0 spiro atoms. The number of anilines is 1. The number of fused-ring (bicyclic) bond motifs is 1. The number of hydrogen-bond donors (Lipinski definition) is 0. The van der Waals surface area contributed by atoms with Crippen molar-refractivity contribution in [1.29, 1.82) is 0 Å². The van der Waals surface area contributed by atoms with Crippen molar-refractivity contribution in [3.63, 3.8) is 0 Å². The van der Waals surface area contributed by atoms with Crippen LogP contribution in [0.5, 0.6) is 11.5 Å². The van der Waals surface area contributed by atoms with Gasteiger partial charge < -0.3 is 14.5 Å². The summed E-state index contributed by atoms with van der Waals surface area (Å²) in [4.78, 5) is 13.6. The minimum atomic E-state index is 0.00336. The average Bonchev–Trinajstić information content (AvgIpc) is 3.54. The van der Waals surface area contributed by atoms with Crippen molar-refractivity contribution in [3.8, 4) is 28.4 Å². The van der Waals surface area contributed by atoms with Crippen LogP contribution in [-0.4, -0.2) is 38.4 Å². The Hall–Kier alpha value is -4.65. The smallest absolute Gasteiger partial charge is 0.154 e. The summed E-state index contributed by atoms with van der Waals surface area (Å²) in [5, 5.41) is 4.61. The van der Waals surface area contributed by atoms with E-state index < -0.39 is 0 Å². The normalized spacial score (nSPS) is 13.4. The number of nitrogens with zero attached hydrogens (tertiary/aromatic N) is 6. The number of aromatic nitrogens is 4. The van der Waals surface area contributed by atoms with Gasteiger partial charge in [0.05, 0.1) is 24.6 Å². The van der Waals surface area contributed by atoms with Crippen LogP contribution in [0.2, 0.25) is 0 Å². The highest BCUT2D eigenvalue weighted by molar-refractivity contribution is 5.78. The molecule has 0 atom stereocenters. The molecule has 2 aromatic carbocycles. The maximum Gasteiger partial charge on any atom is 0.154 e. The summed E-state index contributed by atoms with van der Waals surface area (Å²) in [5.74, 6) is 2.14. The second kappa shape index (κ2) is 10.1. The number of aryl methyl sites for hydroxylation is 3. The van der Waals surface area contributed by atoms with Crippen molar-refractivity contribution in [2.75, 3.05) is 18.6 Å². The lowest BCUT2D eigenvalue weighted by Crippen LogP contribution is -2.21. The Bertz CT molecular complexity index is 1770. The van der Waals surface area contributed by atoms with Crippen LogP contribution in [-0.2, 0) is 5.41 Å². The average molecular weight is 545 g/mol. The van der Waals surface area contributed by atoms with Gasteiger partial charge in [0, 0.05) is 43.5 Å². The van der Waals surface area contributed by atoms with Crippen LogP contribution in [0.15, 0.2) is 79.5 Å². The van der Waals surface area contributed by atoms with Crippen LogP contribution in [0.1, 0.15) is 43.0 Å². The summed E-state index contributed by atoms with van der Waals surface area (Å²) in [6.07, 6.45) is 9.54. The molecule has 7 heteroatoms. The lowest BCUT2D eigenvalue weighted by Gasteiger charge is -2.21. The number of pyridine rings is 2. The van der Waals surface area contributed by atoms with Crippen molar-refractivity contribution in [2.45, 2.75) is 47.0 Å². The number of ether oxygens (including phenoxy) is 1. The van der Waals surface area contributed by atoms with E-state index in [1.54, 1.807) is 12.4 Å². The molecule has 1 aliphatic heterocycles. The molecule has 5 aromatic rings. The molecule has 0 N–H and O–H groups in total.